The van der Waals surface area contributed by atoms with Gasteiger partial charge in [0.25, 0.3) is 0 Å². The summed E-state index contributed by atoms with van der Waals surface area (Å²) in [5, 5.41) is 37.1. The molecule has 1 heterocycles. The Morgan fingerprint density at radius 1 is 0.778 bits per heavy atom. The number of aromatic amines is 1. The third kappa shape index (κ3) is 11.9. The van der Waals surface area contributed by atoms with Gasteiger partial charge in [-0.05, 0) is 30.3 Å². The smallest absolute Gasteiger partial charge is 0.341 e. The maximum absolute atomic E-state index is 11.2. The summed E-state index contributed by atoms with van der Waals surface area (Å²) in [7, 11) is 0. The van der Waals surface area contributed by atoms with E-state index in [-0.39, 0.29) is 223 Å². The first-order chi connectivity index (χ1) is 15.1. The van der Waals surface area contributed by atoms with E-state index in [1.165, 1.54) is 24.3 Å². The molecular formula is C21H18K4N2O9. The minimum Gasteiger partial charge on any atom is -0.480 e. The summed E-state index contributed by atoms with van der Waals surface area (Å²) in [6, 6.07) is 10.8. The van der Waals surface area contributed by atoms with Gasteiger partial charge in [0.2, 0.25) is 0 Å². The van der Waals surface area contributed by atoms with Crippen molar-refractivity contribution >= 4 is 246 Å². The molecule has 0 unspecified atom stereocenters. The van der Waals surface area contributed by atoms with Crippen molar-refractivity contribution in [2.24, 2.45) is 0 Å². The average molecular weight is 599 g/mol. The van der Waals surface area contributed by atoms with Crippen LogP contribution in [-0.4, -0.2) is 275 Å². The summed E-state index contributed by atoms with van der Waals surface area (Å²) < 4.78 is 5.31. The molecule has 170 valence electrons. The van der Waals surface area contributed by atoms with Gasteiger partial charge < -0.3 is 35.0 Å². The van der Waals surface area contributed by atoms with E-state index in [9.17, 15) is 19.2 Å². The van der Waals surface area contributed by atoms with Gasteiger partial charge in [-0.3, -0.25) is 9.59 Å². The number of carboxylic acid groups (broad SMARTS) is 4. The van der Waals surface area contributed by atoms with Gasteiger partial charge in [0.05, 0.1) is 11.3 Å². The number of nitrogens with zero attached hydrogens (tertiary/aromatic N) is 1. The molecule has 1 aromatic heterocycles. The summed E-state index contributed by atoms with van der Waals surface area (Å²) in [4.78, 5) is 48.7. The number of ether oxygens (including phenoxy) is 1. The Bertz CT molecular complexity index is 1220. The number of benzene rings is 2. The zero-order chi connectivity index (χ0) is 23.4. The van der Waals surface area contributed by atoms with Gasteiger partial charge in [0.1, 0.15) is 18.8 Å². The molecule has 0 bridgehead atoms. The zero-order valence-corrected chi connectivity index (χ0v) is 32.9. The molecule has 0 aliphatic heterocycles. The van der Waals surface area contributed by atoms with Crippen LogP contribution < -0.4 is 9.64 Å². The predicted molar refractivity (Wildman–Crippen MR) is 134 cm³/mol. The largest absolute Gasteiger partial charge is 0.480 e. The molecule has 0 atom stereocenters. The van der Waals surface area contributed by atoms with E-state index >= 15 is 0 Å². The number of anilines is 1. The number of aromatic nitrogens is 1. The fourth-order valence-corrected chi connectivity index (χ4v) is 3.17. The van der Waals surface area contributed by atoms with Gasteiger partial charge in [-0.15, -0.1) is 0 Å². The molecule has 3 rings (SSSR count). The van der Waals surface area contributed by atoms with Crippen LogP contribution in [-0.2, 0) is 14.4 Å². The van der Waals surface area contributed by atoms with E-state index in [2.05, 4.69) is 4.98 Å². The van der Waals surface area contributed by atoms with Gasteiger partial charge in [-0.2, -0.15) is 0 Å². The molecule has 15 heteroatoms. The molecule has 5 N–H and O–H groups in total. The van der Waals surface area contributed by atoms with Gasteiger partial charge >= 0.3 is 23.9 Å². The molecule has 2 aromatic carbocycles. The van der Waals surface area contributed by atoms with Gasteiger partial charge in [0.15, 0.2) is 6.61 Å². The van der Waals surface area contributed by atoms with Crippen LogP contribution in [0.4, 0.5) is 5.69 Å². The monoisotopic (exact) mass is 598 g/mol. The predicted octanol–water partition coefficient (Wildman–Crippen LogP) is 0.449. The second kappa shape index (κ2) is 19.2. The van der Waals surface area contributed by atoms with Crippen LogP contribution in [0.1, 0.15) is 10.4 Å². The second-order valence-electron chi connectivity index (χ2n) is 6.80. The van der Waals surface area contributed by atoms with Crippen molar-refractivity contribution in [3.63, 3.8) is 0 Å². The minimum atomic E-state index is -1.27. The third-order valence-corrected chi connectivity index (χ3v) is 4.48. The number of hydrogen-bond donors (Lipinski definition) is 5. The maximum Gasteiger partial charge on any atom is 0.341 e. The molecule has 0 aliphatic carbocycles. The van der Waals surface area contributed by atoms with E-state index in [0.717, 1.165) is 10.3 Å². The Morgan fingerprint density at radius 3 is 1.92 bits per heavy atom. The van der Waals surface area contributed by atoms with Crippen LogP contribution in [0.2, 0.25) is 0 Å². The quantitative estimate of drug-likeness (QED) is 0.206. The van der Waals surface area contributed by atoms with Crippen LogP contribution in [0, 0.1) is 0 Å². The Labute approximate surface area is 375 Å². The number of carboxylic acids is 4. The minimum absolute atomic E-state index is 0. The maximum atomic E-state index is 11.2. The number of rotatable bonds is 10. The molecule has 0 amide bonds. The second-order valence-corrected chi connectivity index (χ2v) is 6.80. The standard InChI is InChI=1S/C21H18N2O9.4K/c24-18(25)8-23(9-19(26)27)16-4-3-12(7-17(16)32-10-20(28)29)14-5-11-1-2-13(21(30)31)6-15(11)22-14;;;;/h1-7,22H,8-10H2,(H,24,25)(H,26,27)(H,28,29)(H,30,31);;;;. The molecule has 0 saturated heterocycles. The number of hydrogen-bond acceptors (Lipinski definition) is 6. The molecular weight excluding hydrogens is 581 g/mol. The number of carbonyl (C=O) groups is 4. The molecule has 0 spiro atoms. The van der Waals surface area contributed by atoms with Crippen molar-refractivity contribution in [3.8, 4) is 17.0 Å². The topological polar surface area (TPSA) is 177 Å². The fourth-order valence-electron chi connectivity index (χ4n) is 3.17. The van der Waals surface area contributed by atoms with E-state index in [1.54, 1.807) is 18.2 Å². The van der Waals surface area contributed by atoms with Crippen molar-refractivity contribution in [2.75, 3.05) is 24.6 Å². The first-order valence-corrected chi connectivity index (χ1v) is 9.17. The molecule has 0 fully saturated rings. The van der Waals surface area contributed by atoms with Crippen LogP contribution in [0.3, 0.4) is 0 Å². The number of nitrogens with one attached hydrogen (secondary N) is 1. The Kier molecular flexibility index (Phi) is 21.4. The Morgan fingerprint density at radius 2 is 1.39 bits per heavy atom. The number of aliphatic carboxylic acids is 3. The van der Waals surface area contributed by atoms with Crippen LogP contribution in [0.25, 0.3) is 22.2 Å². The van der Waals surface area contributed by atoms with E-state index in [4.69, 9.17) is 25.2 Å². The van der Waals surface area contributed by atoms with Crippen molar-refractivity contribution in [3.05, 3.63) is 48.0 Å². The number of H-pyrrole nitrogens is 1. The van der Waals surface area contributed by atoms with E-state index < -0.39 is 43.6 Å². The molecule has 36 heavy (non-hydrogen) atoms. The van der Waals surface area contributed by atoms with E-state index in [0.29, 0.717) is 16.8 Å². The Balaban J connectivity index is 0. The number of fused-ring (bicyclic) bond motifs is 1. The normalized spacial score (nSPS) is 9.44. The fraction of sp³-hybridized carbons (Fsp3) is 0.143. The van der Waals surface area contributed by atoms with Gasteiger partial charge in [0, 0.05) is 228 Å². The summed E-state index contributed by atoms with van der Waals surface area (Å²) in [6.07, 6.45) is 0. The van der Waals surface area contributed by atoms with Crippen molar-refractivity contribution in [1.29, 1.82) is 0 Å². The first kappa shape index (κ1) is 40.1. The van der Waals surface area contributed by atoms with Gasteiger partial charge in [-0.25, -0.2) is 9.59 Å². The first-order valence-electron chi connectivity index (χ1n) is 9.17. The molecule has 0 saturated carbocycles. The third-order valence-electron chi connectivity index (χ3n) is 4.48. The van der Waals surface area contributed by atoms with E-state index in [1.807, 2.05) is 0 Å². The van der Waals surface area contributed by atoms with Crippen molar-refractivity contribution in [2.45, 2.75) is 0 Å². The van der Waals surface area contributed by atoms with Crippen molar-refractivity contribution < 1.29 is 44.3 Å². The zero-order valence-electron chi connectivity index (χ0n) is 20.4. The Hall–Kier alpha value is 2.01. The number of aromatic carboxylic acids is 1. The van der Waals surface area contributed by atoms with Crippen LogP contribution >= 0.6 is 0 Å². The molecule has 4 radical (unpaired) electrons. The summed E-state index contributed by atoms with van der Waals surface area (Å²) >= 11 is 0. The summed E-state index contributed by atoms with van der Waals surface area (Å²) in [6.45, 7) is -2.00. The summed E-state index contributed by atoms with van der Waals surface area (Å²) in [5.74, 6) is -4.91. The molecule has 3 aromatic rings. The summed E-state index contributed by atoms with van der Waals surface area (Å²) in [5.41, 5.74) is 1.87. The SMILES string of the molecule is O=C(O)COc1cc(-c2cc3ccc(C(=O)O)cc3[nH]2)ccc1N(CC(=O)O)CC(=O)O.[K].[K].[K].[K]. The molecule has 0 aliphatic rings. The average Bonchev–Trinajstić information content (AvgIpc) is 3.14. The van der Waals surface area contributed by atoms with Crippen LogP contribution in [0.15, 0.2) is 42.5 Å². The molecule has 11 nitrogen and oxygen atoms in total. The van der Waals surface area contributed by atoms with Crippen molar-refractivity contribution in [1.82, 2.24) is 4.98 Å². The van der Waals surface area contributed by atoms with Crippen LogP contribution in [0.5, 0.6) is 5.75 Å². The van der Waals surface area contributed by atoms with Gasteiger partial charge in [-0.1, -0.05) is 12.1 Å².